The van der Waals surface area contributed by atoms with Crippen LogP contribution in [0.1, 0.15) is 0 Å². The molecule has 0 aromatic heterocycles. The van der Waals surface area contributed by atoms with Gasteiger partial charge in [0.05, 0.1) is 24.6 Å². The summed E-state index contributed by atoms with van der Waals surface area (Å²) in [6, 6.07) is 1.61. The van der Waals surface area contributed by atoms with Crippen molar-refractivity contribution in [3.8, 4) is 6.07 Å². The fraction of sp³-hybridized carbons (Fsp3) is 0.250. The number of hydrogen-bond donors (Lipinski definition) is 3. The first-order chi connectivity index (χ1) is 11.3. The first-order valence-corrected chi connectivity index (χ1v) is 7.17. The first-order valence-electron chi connectivity index (χ1n) is 7.17. The average Bonchev–Trinajstić information content (AvgIpc) is 2.58. The van der Waals surface area contributed by atoms with Gasteiger partial charge < -0.3 is 16.0 Å². The van der Waals surface area contributed by atoms with Gasteiger partial charge in [0.15, 0.2) is 0 Å². The fourth-order valence-electron chi connectivity index (χ4n) is 2.17. The number of hydrogen-bond acceptors (Lipinski definition) is 5. The highest BCUT2D eigenvalue weighted by molar-refractivity contribution is 5.84. The number of carbonyl (C=O) groups excluding carboxylic acids is 1. The molecule has 7 heteroatoms. The van der Waals surface area contributed by atoms with E-state index in [0.29, 0.717) is 12.2 Å². The molecule has 1 heterocycles. The molecule has 0 saturated carbocycles. The molecule has 2 aliphatic rings. The molecule has 0 aromatic rings. The van der Waals surface area contributed by atoms with Crippen molar-refractivity contribution in [2.75, 3.05) is 13.6 Å². The molecule has 0 spiro atoms. The van der Waals surface area contributed by atoms with Gasteiger partial charge in [-0.25, -0.2) is 4.79 Å². The maximum absolute atomic E-state index is 11.9. The van der Waals surface area contributed by atoms with E-state index in [-0.39, 0.29) is 18.0 Å². The van der Waals surface area contributed by atoms with Gasteiger partial charge in [0.25, 0.3) is 0 Å². The SMILES string of the molecule is CN/C=C\N=CCNC(=O)NC1=CC=NC2C1=CC=CC2C#N. The molecule has 2 atom stereocenters. The van der Waals surface area contributed by atoms with Gasteiger partial charge in [-0.05, 0) is 6.08 Å². The second-order valence-corrected chi connectivity index (χ2v) is 4.76. The zero-order valence-electron chi connectivity index (χ0n) is 12.7. The number of aliphatic imine (C=N–C) groups is 2. The number of rotatable bonds is 5. The number of urea groups is 1. The van der Waals surface area contributed by atoms with Gasteiger partial charge in [0.1, 0.15) is 0 Å². The Kier molecular flexibility index (Phi) is 5.89. The third-order valence-electron chi connectivity index (χ3n) is 3.24. The lowest BCUT2D eigenvalue weighted by molar-refractivity contribution is 0.244. The van der Waals surface area contributed by atoms with Crippen molar-refractivity contribution in [1.29, 1.82) is 5.26 Å². The molecular weight excluding hydrogens is 292 g/mol. The molecule has 0 saturated heterocycles. The smallest absolute Gasteiger partial charge is 0.319 e. The van der Waals surface area contributed by atoms with Crippen LogP contribution < -0.4 is 16.0 Å². The minimum absolute atomic E-state index is 0.265. The molecule has 0 fully saturated rings. The van der Waals surface area contributed by atoms with Crippen LogP contribution in [0.4, 0.5) is 4.79 Å². The molecule has 0 aromatic carbocycles. The quantitative estimate of drug-likeness (QED) is 0.661. The van der Waals surface area contributed by atoms with Crippen LogP contribution in [-0.4, -0.2) is 38.1 Å². The molecule has 7 nitrogen and oxygen atoms in total. The summed E-state index contributed by atoms with van der Waals surface area (Å²) in [5.74, 6) is -0.314. The maximum atomic E-state index is 11.9. The zero-order chi connectivity index (χ0) is 16.5. The average molecular weight is 310 g/mol. The lowest BCUT2D eigenvalue weighted by Crippen LogP contribution is -2.39. The van der Waals surface area contributed by atoms with Gasteiger partial charge in [0, 0.05) is 43.1 Å². The second-order valence-electron chi connectivity index (χ2n) is 4.76. The summed E-state index contributed by atoms with van der Waals surface area (Å²) in [5, 5.41) is 17.4. The Balaban J connectivity index is 1.90. The topological polar surface area (TPSA) is 102 Å². The van der Waals surface area contributed by atoms with Gasteiger partial charge in [-0.3, -0.25) is 9.98 Å². The third-order valence-corrected chi connectivity index (χ3v) is 3.24. The monoisotopic (exact) mass is 310 g/mol. The lowest BCUT2D eigenvalue weighted by atomic mass is 9.87. The van der Waals surface area contributed by atoms with Gasteiger partial charge >= 0.3 is 6.03 Å². The molecule has 0 bridgehead atoms. The van der Waals surface area contributed by atoms with E-state index in [1.54, 1.807) is 38.0 Å². The van der Waals surface area contributed by atoms with Crippen molar-refractivity contribution in [3.05, 3.63) is 48.0 Å². The van der Waals surface area contributed by atoms with E-state index >= 15 is 0 Å². The zero-order valence-corrected chi connectivity index (χ0v) is 12.7. The van der Waals surface area contributed by atoms with E-state index in [2.05, 4.69) is 32.0 Å². The number of nitrogens with zero attached hydrogens (tertiary/aromatic N) is 3. The summed E-state index contributed by atoms with van der Waals surface area (Å²) >= 11 is 0. The Morgan fingerprint density at radius 1 is 1.52 bits per heavy atom. The summed E-state index contributed by atoms with van der Waals surface area (Å²) in [6.45, 7) is 0.310. The number of carbonyl (C=O) groups is 1. The minimum atomic E-state index is -0.335. The van der Waals surface area contributed by atoms with E-state index in [0.717, 1.165) is 5.57 Å². The summed E-state index contributed by atoms with van der Waals surface area (Å²) in [6.07, 6.45) is 13.7. The van der Waals surface area contributed by atoms with E-state index < -0.39 is 0 Å². The summed E-state index contributed by atoms with van der Waals surface area (Å²) in [4.78, 5) is 20.2. The molecule has 2 rings (SSSR count). The molecule has 3 N–H and O–H groups in total. The molecule has 1 aliphatic heterocycles. The predicted octanol–water partition coefficient (Wildman–Crippen LogP) is 1.02. The van der Waals surface area contributed by atoms with Gasteiger partial charge in [-0.2, -0.15) is 5.26 Å². The van der Waals surface area contributed by atoms with Crippen LogP contribution in [0.15, 0.2) is 58.0 Å². The van der Waals surface area contributed by atoms with Crippen molar-refractivity contribution in [2.24, 2.45) is 15.9 Å². The van der Waals surface area contributed by atoms with Crippen molar-refractivity contribution in [3.63, 3.8) is 0 Å². The van der Waals surface area contributed by atoms with E-state index in [9.17, 15) is 4.79 Å². The highest BCUT2D eigenvalue weighted by atomic mass is 16.2. The van der Waals surface area contributed by atoms with Crippen LogP contribution in [0.2, 0.25) is 0 Å². The first kappa shape index (κ1) is 16.2. The Bertz CT molecular complexity index is 663. The Morgan fingerprint density at radius 2 is 2.39 bits per heavy atom. The van der Waals surface area contributed by atoms with E-state index in [1.165, 1.54) is 0 Å². The number of allylic oxidation sites excluding steroid dienone is 3. The molecule has 118 valence electrons. The van der Waals surface area contributed by atoms with Crippen LogP contribution in [0, 0.1) is 17.2 Å². The van der Waals surface area contributed by atoms with E-state index in [1.807, 2.05) is 18.2 Å². The second kappa shape index (κ2) is 8.34. The number of nitriles is 1. The van der Waals surface area contributed by atoms with Gasteiger partial charge in [0.2, 0.25) is 0 Å². The highest BCUT2D eigenvalue weighted by Gasteiger charge is 2.28. The van der Waals surface area contributed by atoms with E-state index in [4.69, 9.17) is 5.26 Å². The minimum Gasteiger partial charge on any atom is -0.393 e. The molecule has 1 aliphatic carbocycles. The lowest BCUT2D eigenvalue weighted by Gasteiger charge is -2.26. The standard InChI is InChI=1S/C16H18N6O/c1-18-7-8-19-9-10-21-16(23)22-14-5-6-20-15-12(11-17)3-2-4-13(14)15/h2-9,12,15,18H,10H2,1H3,(H2,21,22,23)/b8-7-,19-9?. The molecule has 2 amide bonds. The molecular formula is C16H18N6O. The summed E-state index contributed by atoms with van der Waals surface area (Å²) in [5.41, 5.74) is 1.49. The molecule has 0 radical (unpaired) electrons. The fourth-order valence-corrected chi connectivity index (χ4v) is 2.17. The van der Waals surface area contributed by atoms with Crippen LogP contribution >= 0.6 is 0 Å². The predicted molar refractivity (Wildman–Crippen MR) is 89.9 cm³/mol. The highest BCUT2D eigenvalue weighted by Crippen LogP contribution is 2.28. The summed E-state index contributed by atoms with van der Waals surface area (Å²) < 4.78 is 0. The van der Waals surface area contributed by atoms with Crippen LogP contribution in [0.3, 0.4) is 0 Å². The van der Waals surface area contributed by atoms with Crippen LogP contribution in [0.25, 0.3) is 0 Å². The van der Waals surface area contributed by atoms with Crippen LogP contribution in [0.5, 0.6) is 0 Å². The van der Waals surface area contributed by atoms with Crippen molar-refractivity contribution in [2.45, 2.75) is 6.04 Å². The Labute approximate surface area is 134 Å². The normalized spacial score (nSPS) is 22.3. The molecule has 23 heavy (non-hydrogen) atoms. The molecule has 2 unspecified atom stereocenters. The number of nitrogens with one attached hydrogen (secondary N) is 3. The number of amides is 2. The van der Waals surface area contributed by atoms with Crippen molar-refractivity contribution >= 4 is 18.5 Å². The van der Waals surface area contributed by atoms with Crippen molar-refractivity contribution < 1.29 is 4.79 Å². The third kappa shape index (κ3) is 4.41. The van der Waals surface area contributed by atoms with Gasteiger partial charge in [-0.1, -0.05) is 18.2 Å². The van der Waals surface area contributed by atoms with Gasteiger partial charge in [-0.15, -0.1) is 0 Å². The number of dihydropyridines is 1. The Morgan fingerprint density at radius 3 is 3.17 bits per heavy atom. The van der Waals surface area contributed by atoms with Crippen LogP contribution in [-0.2, 0) is 0 Å². The summed E-state index contributed by atoms with van der Waals surface area (Å²) in [7, 11) is 1.78. The number of fused-ring (bicyclic) bond motifs is 1. The largest absolute Gasteiger partial charge is 0.393 e. The van der Waals surface area contributed by atoms with Crippen molar-refractivity contribution in [1.82, 2.24) is 16.0 Å². The maximum Gasteiger partial charge on any atom is 0.319 e. The Hall–Kier alpha value is -3.14.